The van der Waals surface area contributed by atoms with Crippen molar-refractivity contribution >= 4 is 11.8 Å². The number of nitrogens with two attached hydrogens (primary N) is 1. The van der Waals surface area contributed by atoms with Crippen LogP contribution < -0.4 is 15.8 Å². The van der Waals surface area contributed by atoms with Crippen molar-refractivity contribution in [2.75, 3.05) is 17.7 Å². The van der Waals surface area contributed by atoms with E-state index in [1.54, 1.807) is 12.3 Å². The van der Waals surface area contributed by atoms with Gasteiger partial charge in [0.25, 0.3) is 0 Å². The summed E-state index contributed by atoms with van der Waals surface area (Å²) >= 11 is 0. The fourth-order valence-corrected chi connectivity index (χ4v) is 2.60. The van der Waals surface area contributed by atoms with Gasteiger partial charge in [-0.05, 0) is 29.8 Å². The van der Waals surface area contributed by atoms with Crippen LogP contribution in [0, 0.1) is 0 Å². The monoisotopic (exact) mass is 388 g/mol. The van der Waals surface area contributed by atoms with Crippen molar-refractivity contribution in [1.29, 1.82) is 0 Å². The highest BCUT2D eigenvalue weighted by Gasteiger charge is 2.30. The van der Waals surface area contributed by atoms with Crippen LogP contribution in [0.4, 0.5) is 24.9 Å². The normalized spacial score (nSPS) is 11.2. The predicted octanol–water partition coefficient (Wildman–Crippen LogP) is 4.31. The molecule has 146 valence electrons. The van der Waals surface area contributed by atoms with E-state index in [1.807, 2.05) is 30.3 Å². The smallest absolute Gasteiger partial charge is 0.416 e. The van der Waals surface area contributed by atoms with Gasteiger partial charge in [-0.1, -0.05) is 30.3 Å². The number of nitrogens with zero attached hydrogens (tertiary/aromatic N) is 2. The number of anilines is 2. The maximum atomic E-state index is 12.9. The highest BCUT2D eigenvalue weighted by molar-refractivity contribution is 5.47. The van der Waals surface area contributed by atoms with Crippen molar-refractivity contribution < 1.29 is 17.9 Å². The minimum Gasteiger partial charge on any atom is -0.493 e. The Hall–Kier alpha value is -3.29. The lowest BCUT2D eigenvalue weighted by molar-refractivity contribution is -0.137. The van der Waals surface area contributed by atoms with Crippen molar-refractivity contribution in [2.24, 2.45) is 0 Å². The first-order valence-electron chi connectivity index (χ1n) is 8.61. The first-order valence-corrected chi connectivity index (χ1v) is 8.61. The van der Waals surface area contributed by atoms with Crippen LogP contribution in [0.5, 0.6) is 5.75 Å². The lowest BCUT2D eigenvalue weighted by atomic mass is 10.1. The summed E-state index contributed by atoms with van der Waals surface area (Å²) in [4.78, 5) is 8.15. The van der Waals surface area contributed by atoms with Gasteiger partial charge in [0.2, 0.25) is 5.95 Å². The number of ether oxygens (including phenoxy) is 1. The molecule has 0 fully saturated rings. The molecule has 3 N–H and O–H groups in total. The minimum absolute atomic E-state index is 0.0827. The molecule has 1 heterocycles. The summed E-state index contributed by atoms with van der Waals surface area (Å²) in [5.41, 5.74) is 6.21. The zero-order valence-electron chi connectivity index (χ0n) is 14.9. The molecule has 0 spiro atoms. The molecule has 0 aliphatic carbocycles. The van der Waals surface area contributed by atoms with Crippen LogP contribution in [0.15, 0.2) is 60.8 Å². The van der Waals surface area contributed by atoms with Gasteiger partial charge >= 0.3 is 6.18 Å². The molecular formula is C20H19F3N4O. The van der Waals surface area contributed by atoms with Crippen LogP contribution in [0.1, 0.15) is 16.7 Å². The van der Waals surface area contributed by atoms with Crippen LogP contribution in [-0.2, 0) is 19.1 Å². The van der Waals surface area contributed by atoms with E-state index in [-0.39, 0.29) is 12.5 Å². The van der Waals surface area contributed by atoms with Crippen LogP contribution >= 0.6 is 0 Å². The average Bonchev–Trinajstić information content (AvgIpc) is 2.68. The molecule has 2 aromatic carbocycles. The summed E-state index contributed by atoms with van der Waals surface area (Å²) in [7, 11) is 0. The second-order valence-corrected chi connectivity index (χ2v) is 6.07. The van der Waals surface area contributed by atoms with Crippen molar-refractivity contribution in [2.45, 2.75) is 19.1 Å². The van der Waals surface area contributed by atoms with E-state index < -0.39 is 11.7 Å². The summed E-state index contributed by atoms with van der Waals surface area (Å²) in [6, 6.07) is 14.5. The third kappa shape index (κ3) is 5.35. The predicted molar refractivity (Wildman–Crippen MR) is 101 cm³/mol. The number of alkyl halides is 3. The fourth-order valence-electron chi connectivity index (χ4n) is 2.60. The molecule has 1 aromatic heterocycles. The maximum absolute atomic E-state index is 12.9. The zero-order chi connectivity index (χ0) is 20.0. The lowest BCUT2D eigenvalue weighted by Gasteiger charge is -2.13. The van der Waals surface area contributed by atoms with Crippen molar-refractivity contribution in [1.82, 2.24) is 9.97 Å². The Morgan fingerprint density at radius 1 is 1.04 bits per heavy atom. The minimum atomic E-state index is -4.38. The molecule has 0 unspecified atom stereocenters. The van der Waals surface area contributed by atoms with Gasteiger partial charge in [0.05, 0.1) is 12.2 Å². The standard InChI is InChI=1S/C20H19F3N4O/c21-20(22,23)16-6-4-5-14(11-16)12-25-18-15(13-26-19(24)27-18)9-10-28-17-7-2-1-3-8-17/h1-8,11,13H,9-10,12H2,(H3,24,25,26,27). The van der Waals surface area contributed by atoms with Gasteiger partial charge in [-0.25, -0.2) is 4.98 Å². The van der Waals surface area contributed by atoms with Gasteiger partial charge in [-0.2, -0.15) is 18.2 Å². The molecule has 3 aromatic rings. The maximum Gasteiger partial charge on any atom is 0.416 e. The van der Waals surface area contributed by atoms with Crippen LogP contribution in [-0.4, -0.2) is 16.6 Å². The number of halogens is 3. The van der Waals surface area contributed by atoms with E-state index in [2.05, 4.69) is 15.3 Å². The topological polar surface area (TPSA) is 73.1 Å². The Morgan fingerprint density at radius 3 is 2.57 bits per heavy atom. The molecule has 0 bridgehead atoms. The highest BCUT2D eigenvalue weighted by atomic mass is 19.4. The summed E-state index contributed by atoms with van der Waals surface area (Å²) in [6.45, 7) is 0.572. The molecule has 0 aliphatic heterocycles. The Morgan fingerprint density at radius 2 is 1.82 bits per heavy atom. The molecule has 8 heteroatoms. The quantitative estimate of drug-likeness (QED) is 0.631. The van der Waals surface area contributed by atoms with Crippen LogP contribution in [0.3, 0.4) is 0 Å². The SMILES string of the molecule is Nc1ncc(CCOc2ccccc2)c(NCc2cccc(C(F)(F)F)c2)n1. The van der Waals surface area contributed by atoms with Crippen molar-refractivity contribution in [3.8, 4) is 5.75 Å². The van der Waals surface area contributed by atoms with Gasteiger partial charge in [-0.15, -0.1) is 0 Å². The molecule has 0 amide bonds. The molecule has 5 nitrogen and oxygen atoms in total. The van der Waals surface area contributed by atoms with E-state index in [0.717, 1.165) is 23.4 Å². The van der Waals surface area contributed by atoms with Gasteiger partial charge in [0.15, 0.2) is 0 Å². The number of nitrogen functional groups attached to an aromatic ring is 1. The fraction of sp³-hybridized carbons (Fsp3) is 0.200. The molecule has 0 saturated carbocycles. The first kappa shape index (κ1) is 19.5. The molecule has 0 saturated heterocycles. The van der Waals surface area contributed by atoms with E-state index in [4.69, 9.17) is 10.5 Å². The summed E-state index contributed by atoms with van der Waals surface area (Å²) in [5.74, 6) is 1.30. The van der Waals surface area contributed by atoms with E-state index >= 15 is 0 Å². The Labute approximate surface area is 160 Å². The van der Waals surface area contributed by atoms with Crippen LogP contribution in [0.25, 0.3) is 0 Å². The summed E-state index contributed by atoms with van der Waals surface area (Å²) < 4.78 is 44.2. The third-order valence-electron chi connectivity index (χ3n) is 3.98. The Balaban J connectivity index is 1.66. The van der Waals surface area contributed by atoms with Crippen molar-refractivity contribution in [3.63, 3.8) is 0 Å². The number of para-hydroxylation sites is 1. The van der Waals surface area contributed by atoms with Crippen molar-refractivity contribution in [3.05, 3.63) is 77.5 Å². The number of rotatable bonds is 7. The number of benzene rings is 2. The van der Waals surface area contributed by atoms with Gasteiger partial charge in [0, 0.05) is 24.7 Å². The molecule has 3 rings (SSSR count). The van der Waals surface area contributed by atoms with Gasteiger partial charge in [-0.3, -0.25) is 0 Å². The second kappa shape index (κ2) is 8.60. The highest BCUT2D eigenvalue weighted by Crippen LogP contribution is 2.29. The Bertz CT molecular complexity index is 917. The number of hydrogen-bond acceptors (Lipinski definition) is 5. The number of hydrogen-bond donors (Lipinski definition) is 2. The molecule has 0 radical (unpaired) electrons. The van der Waals surface area contributed by atoms with E-state index in [1.165, 1.54) is 6.07 Å². The molecule has 0 atom stereocenters. The number of nitrogens with one attached hydrogen (secondary N) is 1. The van der Waals surface area contributed by atoms with E-state index in [0.29, 0.717) is 24.4 Å². The summed E-state index contributed by atoms with van der Waals surface area (Å²) in [5, 5.41) is 3.04. The third-order valence-corrected chi connectivity index (χ3v) is 3.98. The zero-order valence-corrected chi connectivity index (χ0v) is 14.9. The molecule has 0 aliphatic rings. The van der Waals surface area contributed by atoms with E-state index in [9.17, 15) is 13.2 Å². The second-order valence-electron chi connectivity index (χ2n) is 6.07. The Kier molecular flexibility index (Phi) is 5.98. The molecule has 28 heavy (non-hydrogen) atoms. The van der Waals surface area contributed by atoms with Gasteiger partial charge < -0.3 is 15.8 Å². The van der Waals surface area contributed by atoms with Crippen LogP contribution in [0.2, 0.25) is 0 Å². The number of aromatic nitrogens is 2. The largest absolute Gasteiger partial charge is 0.493 e. The molecular weight excluding hydrogens is 369 g/mol. The first-order chi connectivity index (χ1) is 13.4. The summed E-state index contributed by atoms with van der Waals surface area (Å²) in [6.07, 6.45) is -2.28. The van der Waals surface area contributed by atoms with Gasteiger partial charge in [0.1, 0.15) is 11.6 Å². The lowest BCUT2D eigenvalue weighted by Crippen LogP contribution is -2.11. The average molecular weight is 388 g/mol.